The second-order valence-corrected chi connectivity index (χ2v) is 7.92. The molecule has 0 bridgehead atoms. The Morgan fingerprint density at radius 2 is 1.90 bits per heavy atom. The summed E-state index contributed by atoms with van der Waals surface area (Å²) < 4.78 is 45.2. The molecule has 5 nitrogen and oxygen atoms in total. The van der Waals surface area contributed by atoms with Crippen molar-refractivity contribution in [2.24, 2.45) is 0 Å². The normalized spacial score (nSPS) is 16.2. The molecule has 0 radical (unpaired) electrons. The van der Waals surface area contributed by atoms with Gasteiger partial charge in [0.05, 0.1) is 16.3 Å². The van der Waals surface area contributed by atoms with Gasteiger partial charge < -0.3 is 15.0 Å². The molecule has 1 aliphatic heterocycles. The van der Waals surface area contributed by atoms with Gasteiger partial charge in [-0.1, -0.05) is 24.3 Å². The standard InChI is InChI=1S/C21H18F3N3O2S/c1-13-25-15(11-30-13)10-29-16-8-6-14(7-9-16)19-26-18-5-3-2-4-17(18)20(28)27(19)12-21(22,23)24/h2-9,11,19,26H,10,12H2,1H3/t19-/m0/s1. The molecular formula is C21H18F3N3O2S. The van der Waals surface area contributed by atoms with Crippen LogP contribution in [0.4, 0.5) is 18.9 Å². The Labute approximate surface area is 175 Å². The monoisotopic (exact) mass is 433 g/mol. The number of anilines is 1. The summed E-state index contributed by atoms with van der Waals surface area (Å²) in [6.45, 7) is 0.864. The third-order valence-corrected chi connectivity index (χ3v) is 5.44. The molecule has 0 saturated carbocycles. The molecule has 9 heteroatoms. The second-order valence-electron chi connectivity index (χ2n) is 6.86. The highest BCUT2D eigenvalue weighted by Gasteiger charge is 2.40. The topological polar surface area (TPSA) is 54.5 Å². The second kappa shape index (κ2) is 7.98. The van der Waals surface area contributed by atoms with Crippen molar-refractivity contribution < 1.29 is 22.7 Å². The Morgan fingerprint density at radius 1 is 1.17 bits per heavy atom. The van der Waals surface area contributed by atoms with Gasteiger partial charge in [0.1, 0.15) is 25.1 Å². The number of amides is 1. The Hall–Kier alpha value is -3.07. The number of hydrogen-bond acceptors (Lipinski definition) is 5. The lowest BCUT2D eigenvalue weighted by Crippen LogP contribution is -2.47. The van der Waals surface area contributed by atoms with E-state index in [1.165, 1.54) is 17.4 Å². The number of aromatic nitrogens is 1. The number of halogens is 3. The quantitative estimate of drug-likeness (QED) is 0.604. The summed E-state index contributed by atoms with van der Waals surface area (Å²) in [5.41, 5.74) is 2.06. The lowest BCUT2D eigenvalue weighted by atomic mass is 10.0. The first kappa shape index (κ1) is 20.2. The van der Waals surface area contributed by atoms with E-state index in [1.54, 1.807) is 42.5 Å². The summed E-state index contributed by atoms with van der Waals surface area (Å²) in [5.74, 6) is -0.0970. The molecule has 0 aliphatic carbocycles. The lowest BCUT2D eigenvalue weighted by Gasteiger charge is -2.38. The number of hydrogen-bond donors (Lipinski definition) is 1. The van der Waals surface area contributed by atoms with E-state index in [0.717, 1.165) is 15.6 Å². The number of ether oxygens (including phenoxy) is 1. The van der Waals surface area contributed by atoms with Crippen LogP contribution in [0.3, 0.4) is 0 Å². The van der Waals surface area contributed by atoms with E-state index < -0.39 is 24.8 Å². The molecule has 4 rings (SSSR count). The molecule has 2 heterocycles. The van der Waals surface area contributed by atoms with Crippen LogP contribution >= 0.6 is 11.3 Å². The summed E-state index contributed by atoms with van der Waals surface area (Å²) in [7, 11) is 0. The number of nitrogens with one attached hydrogen (secondary N) is 1. The molecule has 0 saturated heterocycles. The zero-order chi connectivity index (χ0) is 21.3. The van der Waals surface area contributed by atoms with Gasteiger partial charge >= 0.3 is 6.18 Å². The average Bonchev–Trinajstić information content (AvgIpc) is 3.13. The highest BCUT2D eigenvalue weighted by molar-refractivity contribution is 7.09. The maximum Gasteiger partial charge on any atom is 0.406 e. The molecule has 1 aromatic heterocycles. The summed E-state index contributed by atoms with van der Waals surface area (Å²) in [5, 5.41) is 5.91. The van der Waals surface area contributed by atoms with Crippen molar-refractivity contribution in [2.75, 3.05) is 11.9 Å². The Balaban J connectivity index is 1.56. The maximum absolute atomic E-state index is 13.2. The van der Waals surface area contributed by atoms with Crippen molar-refractivity contribution >= 4 is 22.9 Å². The number of rotatable bonds is 5. The third-order valence-electron chi connectivity index (χ3n) is 4.62. The number of carbonyl (C=O) groups is 1. The molecule has 0 unspecified atom stereocenters. The van der Waals surface area contributed by atoms with Crippen molar-refractivity contribution in [3.05, 3.63) is 75.7 Å². The number of aryl methyl sites for hydroxylation is 1. The Bertz CT molecular complexity index is 1050. The van der Waals surface area contributed by atoms with Gasteiger partial charge in [0, 0.05) is 11.1 Å². The van der Waals surface area contributed by atoms with Crippen LogP contribution in [-0.4, -0.2) is 28.5 Å². The summed E-state index contributed by atoms with van der Waals surface area (Å²) >= 11 is 1.53. The SMILES string of the molecule is Cc1nc(COc2ccc([C@H]3Nc4ccccc4C(=O)N3CC(F)(F)F)cc2)cs1. The molecule has 3 aromatic rings. The van der Waals surface area contributed by atoms with E-state index in [2.05, 4.69) is 10.3 Å². The molecule has 0 spiro atoms. The molecule has 1 N–H and O–H groups in total. The fourth-order valence-corrected chi connectivity index (χ4v) is 3.89. The minimum atomic E-state index is -4.52. The largest absolute Gasteiger partial charge is 0.487 e. The zero-order valence-electron chi connectivity index (χ0n) is 15.9. The molecule has 1 aliphatic rings. The Kier molecular flexibility index (Phi) is 5.38. The van der Waals surface area contributed by atoms with Gasteiger partial charge in [-0.15, -0.1) is 11.3 Å². The number of thiazole rings is 1. The van der Waals surface area contributed by atoms with Gasteiger partial charge in [-0.2, -0.15) is 13.2 Å². The fraction of sp³-hybridized carbons (Fsp3) is 0.238. The third kappa shape index (κ3) is 4.40. The minimum absolute atomic E-state index is 0.219. The first-order valence-electron chi connectivity index (χ1n) is 9.17. The number of fused-ring (bicyclic) bond motifs is 1. The van der Waals surface area contributed by atoms with Crippen molar-refractivity contribution in [1.82, 2.24) is 9.88 Å². The van der Waals surface area contributed by atoms with E-state index in [-0.39, 0.29) is 5.56 Å². The van der Waals surface area contributed by atoms with Crippen molar-refractivity contribution in [1.29, 1.82) is 0 Å². The van der Waals surface area contributed by atoms with Gasteiger partial charge in [0.15, 0.2) is 0 Å². The lowest BCUT2D eigenvalue weighted by molar-refractivity contribution is -0.144. The molecule has 156 valence electrons. The number of alkyl halides is 3. The van der Waals surface area contributed by atoms with Gasteiger partial charge in [0.25, 0.3) is 5.91 Å². The van der Waals surface area contributed by atoms with Crippen LogP contribution in [0.25, 0.3) is 0 Å². The first-order valence-corrected chi connectivity index (χ1v) is 10.1. The number of benzene rings is 2. The van der Waals surface area contributed by atoms with Gasteiger partial charge in [-0.05, 0) is 36.8 Å². The number of para-hydroxylation sites is 1. The van der Waals surface area contributed by atoms with Gasteiger partial charge in [-0.25, -0.2) is 4.98 Å². The van der Waals surface area contributed by atoms with Crippen molar-refractivity contribution in [3.63, 3.8) is 0 Å². The molecule has 30 heavy (non-hydrogen) atoms. The minimum Gasteiger partial charge on any atom is -0.487 e. The molecule has 1 amide bonds. The van der Waals surface area contributed by atoms with Crippen molar-refractivity contribution in [3.8, 4) is 5.75 Å². The van der Waals surface area contributed by atoms with E-state index in [0.29, 0.717) is 23.6 Å². The molecule has 0 fully saturated rings. The van der Waals surface area contributed by atoms with Crippen LogP contribution in [0, 0.1) is 6.92 Å². The van der Waals surface area contributed by atoms with Gasteiger partial charge in [-0.3, -0.25) is 4.79 Å². The number of carbonyl (C=O) groups excluding carboxylic acids is 1. The highest BCUT2D eigenvalue weighted by Crippen LogP contribution is 2.35. The van der Waals surface area contributed by atoms with Gasteiger partial charge in [0.2, 0.25) is 0 Å². The van der Waals surface area contributed by atoms with Crippen LogP contribution in [-0.2, 0) is 6.61 Å². The smallest absolute Gasteiger partial charge is 0.406 e. The van der Waals surface area contributed by atoms with Crippen LogP contribution in [0.15, 0.2) is 53.9 Å². The summed E-state index contributed by atoms with van der Waals surface area (Å²) in [4.78, 5) is 17.9. The maximum atomic E-state index is 13.2. The summed E-state index contributed by atoms with van der Waals surface area (Å²) in [6.07, 6.45) is -5.46. The predicted molar refractivity (Wildman–Crippen MR) is 108 cm³/mol. The first-order chi connectivity index (χ1) is 14.3. The average molecular weight is 433 g/mol. The van der Waals surface area contributed by atoms with Crippen LogP contribution in [0.1, 0.15) is 32.8 Å². The molecule has 2 aromatic carbocycles. The summed E-state index contributed by atoms with van der Waals surface area (Å²) in [6, 6.07) is 13.2. The van der Waals surface area contributed by atoms with Crippen LogP contribution in [0.2, 0.25) is 0 Å². The van der Waals surface area contributed by atoms with Crippen LogP contribution < -0.4 is 10.1 Å². The van der Waals surface area contributed by atoms with E-state index in [1.807, 2.05) is 12.3 Å². The molecule has 1 atom stereocenters. The van der Waals surface area contributed by atoms with Crippen molar-refractivity contribution in [2.45, 2.75) is 25.9 Å². The number of nitrogens with zero attached hydrogens (tertiary/aromatic N) is 2. The van der Waals surface area contributed by atoms with E-state index in [4.69, 9.17) is 4.74 Å². The van der Waals surface area contributed by atoms with Crippen LogP contribution in [0.5, 0.6) is 5.75 Å². The zero-order valence-corrected chi connectivity index (χ0v) is 16.8. The fourth-order valence-electron chi connectivity index (χ4n) is 3.29. The van der Waals surface area contributed by atoms with E-state index >= 15 is 0 Å². The predicted octanol–water partition coefficient (Wildman–Crippen LogP) is 5.16. The van der Waals surface area contributed by atoms with E-state index in [9.17, 15) is 18.0 Å². The molecular weight excluding hydrogens is 415 g/mol. The Morgan fingerprint density at radius 3 is 2.57 bits per heavy atom. The highest BCUT2D eigenvalue weighted by atomic mass is 32.1.